The molecule has 4 unspecified atom stereocenters. The Kier molecular flexibility index (Phi) is 15.3. The third-order valence-corrected chi connectivity index (χ3v) is 8.18. The van der Waals surface area contributed by atoms with Crippen LogP contribution in [-0.4, -0.2) is 50.2 Å². The lowest BCUT2D eigenvalue weighted by Crippen LogP contribution is -2.46. The van der Waals surface area contributed by atoms with Gasteiger partial charge >= 0.3 is 11.9 Å². The van der Waals surface area contributed by atoms with Crippen molar-refractivity contribution in [2.45, 2.75) is 121 Å². The van der Waals surface area contributed by atoms with E-state index < -0.39 is 5.41 Å². The van der Waals surface area contributed by atoms with Gasteiger partial charge in [-0.25, -0.2) is 0 Å². The molecule has 0 fully saturated rings. The van der Waals surface area contributed by atoms with Crippen molar-refractivity contribution >= 4 is 11.9 Å². The van der Waals surface area contributed by atoms with Gasteiger partial charge in [-0.3, -0.25) is 9.59 Å². The van der Waals surface area contributed by atoms with Crippen LogP contribution in [0.1, 0.15) is 115 Å². The molecule has 0 aliphatic heterocycles. The summed E-state index contributed by atoms with van der Waals surface area (Å²) in [4.78, 5) is 28.1. The van der Waals surface area contributed by atoms with Crippen molar-refractivity contribution in [1.29, 1.82) is 0 Å². The summed E-state index contributed by atoms with van der Waals surface area (Å²) < 4.78 is 11.9. The average Bonchev–Trinajstić information content (AvgIpc) is 2.78. The van der Waals surface area contributed by atoms with E-state index in [1.807, 2.05) is 34.0 Å². The van der Waals surface area contributed by atoms with Crippen LogP contribution in [0.4, 0.5) is 0 Å². The van der Waals surface area contributed by atoms with Crippen LogP contribution < -0.4 is 0 Å². The summed E-state index contributed by atoms with van der Waals surface area (Å²) in [5, 5.41) is 0. The number of hydrogen-bond acceptors (Lipinski definition) is 5. The van der Waals surface area contributed by atoms with Crippen LogP contribution in [0.5, 0.6) is 0 Å². The molecular weight excluding hydrogens is 462 g/mol. The molecule has 0 radical (unpaired) electrons. The molecule has 0 N–H and O–H groups in total. The zero-order chi connectivity index (χ0) is 29.0. The van der Waals surface area contributed by atoms with Crippen LogP contribution in [-0.2, 0) is 19.1 Å². The van der Waals surface area contributed by atoms with E-state index >= 15 is 0 Å². The molecule has 218 valence electrons. The number of allylic oxidation sites excluding steroid dienone is 1. The smallest absolute Gasteiger partial charge is 0.311 e. The van der Waals surface area contributed by atoms with Gasteiger partial charge in [0.15, 0.2) is 0 Å². The molecular formula is C32H61NO4. The normalized spacial score (nSPS) is 17.6. The first-order valence-corrected chi connectivity index (χ1v) is 14.6. The molecule has 0 aliphatic rings. The quantitative estimate of drug-likeness (QED) is 0.135. The Bertz CT molecular complexity index is 712. The number of esters is 2. The Balaban J connectivity index is 5.51. The predicted molar refractivity (Wildman–Crippen MR) is 156 cm³/mol. The Hall–Kier alpha value is -1.36. The van der Waals surface area contributed by atoms with Crippen LogP contribution in [0.3, 0.4) is 0 Å². The highest BCUT2D eigenvalue weighted by Gasteiger charge is 2.46. The molecule has 0 bridgehead atoms. The molecule has 0 heterocycles. The molecule has 0 saturated carbocycles. The lowest BCUT2D eigenvalue weighted by Gasteiger charge is -2.44. The first-order valence-electron chi connectivity index (χ1n) is 14.6. The fraction of sp³-hybridized carbons (Fsp3) is 0.875. The van der Waals surface area contributed by atoms with Gasteiger partial charge in [-0.2, -0.15) is 0 Å². The van der Waals surface area contributed by atoms with Gasteiger partial charge in [0.05, 0.1) is 5.41 Å². The standard InChI is InChI=1S/C32H61NO4/c1-14-31(10,22-24(3)4)19-17-21-36-29(35)30(8,9)23-32(11,15-2)28(26(7)25(5)6)37-27(34)18-16-20-33(12)13/h17,19,24-26,28H,14-16,18,20-23H2,1-13H3. The Morgan fingerprint density at radius 1 is 0.946 bits per heavy atom. The van der Waals surface area contributed by atoms with Crippen molar-refractivity contribution in [2.24, 2.45) is 34.0 Å². The van der Waals surface area contributed by atoms with Gasteiger partial charge in [0.2, 0.25) is 0 Å². The van der Waals surface area contributed by atoms with E-state index in [0.29, 0.717) is 24.7 Å². The largest absolute Gasteiger partial charge is 0.461 e. The van der Waals surface area contributed by atoms with Gasteiger partial charge in [-0.15, -0.1) is 0 Å². The number of ether oxygens (including phenoxy) is 2. The SMILES string of the molecule is CCC(C)(C=CCOC(=O)C(C)(C)CC(C)(CC)C(OC(=O)CCCN(C)C)C(C)C(C)C)CC(C)C. The fourth-order valence-corrected chi connectivity index (χ4v) is 5.40. The maximum atomic E-state index is 13.2. The first-order chi connectivity index (χ1) is 16.9. The van der Waals surface area contributed by atoms with Gasteiger partial charge < -0.3 is 14.4 Å². The third-order valence-electron chi connectivity index (χ3n) is 8.18. The van der Waals surface area contributed by atoms with Crippen LogP contribution in [0.15, 0.2) is 12.2 Å². The molecule has 5 heteroatoms. The lowest BCUT2D eigenvalue weighted by molar-refractivity contribution is -0.168. The molecule has 0 aliphatic carbocycles. The van der Waals surface area contributed by atoms with Gasteiger partial charge in [0, 0.05) is 11.8 Å². The molecule has 0 aromatic rings. The van der Waals surface area contributed by atoms with Gasteiger partial charge in [-0.1, -0.05) is 74.5 Å². The number of rotatable bonds is 18. The molecule has 5 nitrogen and oxygen atoms in total. The molecule has 0 aromatic carbocycles. The maximum absolute atomic E-state index is 13.2. The zero-order valence-corrected chi connectivity index (χ0v) is 26.7. The summed E-state index contributed by atoms with van der Waals surface area (Å²) in [6.07, 6.45) is 8.68. The summed E-state index contributed by atoms with van der Waals surface area (Å²) in [5.41, 5.74) is -0.929. The van der Waals surface area contributed by atoms with Crippen LogP contribution in [0, 0.1) is 34.0 Å². The van der Waals surface area contributed by atoms with Crippen LogP contribution in [0.25, 0.3) is 0 Å². The Labute approximate surface area is 230 Å². The number of nitrogens with zero attached hydrogens (tertiary/aromatic N) is 1. The lowest BCUT2D eigenvalue weighted by atomic mass is 9.65. The molecule has 0 aromatic heterocycles. The van der Waals surface area contributed by atoms with E-state index in [0.717, 1.165) is 32.2 Å². The number of carbonyl (C=O) groups is 2. The van der Waals surface area contributed by atoms with Crippen molar-refractivity contribution in [3.05, 3.63) is 12.2 Å². The highest BCUT2D eigenvalue weighted by atomic mass is 16.5. The highest BCUT2D eigenvalue weighted by Crippen LogP contribution is 2.45. The highest BCUT2D eigenvalue weighted by molar-refractivity contribution is 5.76. The Morgan fingerprint density at radius 3 is 2.00 bits per heavy atom. The van der Waals surface area contributed by atoms with Gasteiger partial charge in [-0.05, 0) is 89.8 Å². The third kappa shape index (κ3) is 12.8. The van der Waals surface area contributed by atoms with Crippen LogP contribution in [0.2, 0.25) is 0 Å². The second-order valence-electron chi connectivity index (χ2n) is 13.6. The van der Waals surface area contributed by atoms with Gasteiger partial charge in [0.1, 0.15) is 12.7 Å². The molecule has 0 saturated heterocycles. The summed E-state index contributed by atoms with van der Waals surface area (Å²) in [6, 6.07) is 0. The minimum atomic E-state index is -0.698. The minimum absolute atomic E-state index is 0.119. The van der Waals surface area contributed by atoms with E-state index in [2.05, 4.69) is 73.3 Å². The van der Waals surface area contributed by atoms with E-state index in [1.54, 1.807) is 0 Å². The molecule has 0 spiro atoms. The minimum Gasteiger partial charge on any atom is -0.461 e. The molecule has 37 heavy (non-hydrogen) atoms. The second kappa shape index (κ2) is 15.9. The van der Waals surface area contributed by atoms with Crippen molar-refractivity contribution in [3.8, 4) is 0 Å². The van der Waals surface area contributed by atoms with Crippen molar-refractivity contribution in [3.63, 3.8) is 0 Å². The van der Waals surface area contributed by atoms with Crippen molar-refractivity contribution in [1.82, 2.24) is 4.90 Å². The summed E-state index contributed by atoms with van der Waals surface area (Å²) in [5.74, 6) is 0.790. The summed E-state index contributed by atoms with van der Waals surface area (Å²) >= 11 is 0. The summed E-state index contributed by atoms with van der Waals surface area (Å²) in [7, 11) is 4.02. The molecule has 4 atom stereocenters. The van der Waals surface area contributed by atoms with E-state index in [1.165, 1.54) is 0 Å². The van der Waals surface area contributed by atoms with E-state index in [4.69, 9.17) is 9.47 Å². The molecule has 0 rings (SSSR count). The van der Waals surface area contributed by atoms with Crippen molar-refractivity contribution in [2.75, 3.05) is 27.2 Å². The van der Waals surface area contributed by atoms with E-state index in [-0.39, 0.29) is 41.4 Å². The van der Waals surface area contributed by atoms with E-state index in [9.17, 15) is 9.59 Å². The zero-order valence-electron chi connectivity index (χ0n) is 26.7. The fourth-order valence-electron chi connectivity index (χ4n) is 5.40. The second-order valence-corrected chi connectivity index (χ2v) is 13.6. The average molecular weight is 524 g/mol. The first kappa shape index (κ1) is 35.6. The number of carbonyl (C=O) groups excluding carboxylic acids is 2. The maximum Gasteiger partial charge on any atom is 0.311 e. The number of hydrogen-bond donors (Lipinski definition) is 0. The topological polar surface area (TPSA) is 55.8 Å². The van der Waals surface area contributed by atoms with Crippen molar-refractivity contribution < 1.29 is 19.1 Å². The van der Waals surface area contributed by atoms with Gasteiger partial charge in [0.25, 0.3) is 0 Å². The monoisotopic (exact) mass is 523 g/mol. The molecule has 0 amide bonds. The summed E-state index contributed by atoms with van der Waals surface area (Å²) in [6.45, 7) is 24.8. The predicted octanol–water partition coefficient (Wildman–Crippen LogP) is 7.93. The van der Waals surface area contributed by atoms with Crippen LogP contribution >= 0.6 is 0 Å². The Morgan fingerprint density at radius 2 is 1.54 bits per heavy atom.